The summed E-state index contributed by atoms with van der Waals surface area (Å²) in [5.74, 6) is -0.0623. The van der Waals surface area contributed by atoms with Gasteiger partial charge in [0.2, 0.25) is 0 Å². The van der Waals surface area contributed by atoms with Crippen molar-refractivity contribution in [1.82, 2.24) is 4.98 Å². The number of halogens is 1. The Morgan fingerprint density at radius 3 is 2.38 bits per heavy atom. The summed E-state index contributed by atoms with van der Waals surface area (Å²) in [5.41, 5.74) is 2.38. The van der Waals surface area contributed by atoms with Gasteiger partial charge in [-0.1, -0.05) is 36.4 Å². The van der Waals surface area contributed by atoms with Crippen LogP contribution in [0.5, 0.6) is 5.75 Å². The molecule has 0 saturated heterocycles. The van der Waals surface area contributed by atoms with Gasteiger partial charge in [-0.25, -0.2) is 14.2 Å². The van der Waals surface area contributed by atoms with Crippen molar-refractivity contribution < 1.29 is 18.7 Å². The highest BCUT2D eigenvalue weighted by Crippen LogP contribution is 2.25. The van der Waals surface area contributed by atoms with Gasteiger partial charge in [-0.3, -0.25) is 0 Å². The minimum Gasteiger partial charge on any atom is -0.490 e. The highest BCUT2D eigenvalue weighted by Gasteiger charge is 2.15. The molecule has 3 aromatic carbocycles. The van der Waals surface area contributed by atoms with Gasteiger partial charge in [0.1, 0.15) is 24.8 Å². The molecule has 0 bridgehead atoms. The first-order valence-corrected chi connectivity index (χ1v) is 9.21. The fraction of sp³-hybridized carbons (Fsp3) is 0.0833. The summed E-state index contributed by atoms with van der Waals surface area (Å²) in [5, 5.41) is 0.701. The number of fused-ring (bicyclic) bond motifs is 1. The van der Waals surface area contributed by atoms with Gasteiger partial charge in [0.15, 0.2) is 0 Å². The third-order valence-electron chi connectivity index (χ3n) is 4.40. The van der Waals surface area contributed by atoms with Crippen molar-refractivity contribution in [2.24, 2.45) is 0 Å². The van der Waals surface area contributed by atoms with Crippen LogP contribution in [-0.2, 0) is 4.74 Å². The summed E-state index contributed by atoms with van der Waals surface area (Å²) < 4.78 is 24.2. The third-order valence-corrected chi connectivity index (χ3v) is 4.40. The molecule has 0 aliphatic carbocycles. The number of para-hydroxylation sites is 2. The molecule has 0 fully saturated rings. The Morgan fingerprint density at radius 2 is 1.59 bits per heavy atom. The van der Waals surface area contributed by atoms with Crippen LogP contribution in [0.2, 0.25) is 0 Å². The number of rotatable bonds is 6. The predicted octanol–water partition coefficient (Wildman–Crippen LogP) is 5.28. The second-order valence-electron chi connectivity index (χ2n) is 6.38. The lowest BCUT2D eigenvalue weighted by Crippen LogP contribution is -2.13. The Bertz CT molecular complexity index is 1130. The molecule has 0 atom stereocenters. The summed E-state index contributed by atoms with van der Waals surface area (Å²) in [6, 6.07) is 24.4. The second kappa shape index (κ2) is 8.52. The maximum Gasteiger partial charge on any atom is 0.339 e. The van der Waals surface area contributed by atoms with Gasteiger partial charge < -0.3 is 9.47 Å². The zero-order chi connectivity index (χ0) is 20.1. The molecule has 4 aromatic rings. The Kier molecular flexibility index (Phi) is 5.47. The van der Waals surface area contributed by atoms with Crippen LogP contribution in [0.15, 0.2) is 84.9 Å². The standard InChI is InChI=1S/C24H18FNO3/c25-18-12-10-17(11-13-18)23-16-21(20-8-4-5-9-22(20)26-23)24(27)29-15-14-28-19-6-2-1-3-7-19/h1-13,16H,14-15H2. The minimum atomic E-state index is -0.455. The number of hydrogen-bond donors (Lipinski definition) is 0. The number of aromatic nitrogens is 1. The van der Waals surface area contributed by atoms with Crippen molar-refractivity contribution in [2.45, 2.75) is 0 Å². The predicted molar refractivity (Wildman–Crippen MR) is 109 cm³/mol. The molecule has 0 spiro atoms. The molecule has 0 aliphatic rings. The molecule has 4 nitrogen and oxygen atoms in total. The largest absolute Gasteiger partial charge is 0.490 e. The Balaban J connectivity index is 1.55. The van der Waals surface area contributed by atoms with E-state index in [0.29, 0.717) is 22.2 Å². The monoisotopic (exact) mass is 387 g/mol. The van der Waals surface area contributed by atoms with Gasteiger partial charge in [0, 0.05) is 10.9 Å². The van der Waals surface area contributed by atoms with Gasteiger partial charge in [-0.05, 0) is 48.5 Å². The molecule has 0 saturated carbocycles. The quantitative estimate of drug-likeness (QED) is 0.334. The third kappa shape index (κ3) is 4.41. The van der Waals surface area contributed by atoms with E-state index in [9.17, 15) is 9.18 Å². The molecule has 0 unspecified atom stereocenters. The molecule has 0 aliphatic heterocycles. The van der Waals surface area contributed by atoms with Gasteiger partial charge in [-0.15, -0.1) is 0 Å². The SMILES string of the molecule is O=C(OCCOc1ccccc1)c1cc(-c2ccc(F)cc2)nc2ccccc12. The summed E-state index contributed by atoms with van der Waals surface area (Å²) in [6.45, 7) is 0.375. The maximum atomic E-state index is 13.3. The van der Waals surface area contributed by atoms with E-state index in [4.69, 9.17) is 9.47 Å². The summed E-state index contributed by atoms with van der Waals surface area (Å²) >= 11 is 0. The lowest BCUT2D eigenvalue weighted by atomic mass is 10.0. The van der Waals surface area contributed by atoms with Crippen molar-refractivity contribution in [3.8, 4) is 17.0 Å². The van der Waals surface area contributed by atoms with E-state index in [1.165, 1.54) is 12.1 Å². The number of benzene rings is 3. The second-order valence-corrected chi connectivity index (χ2v) is 6.38. The highest BCUT2D eigenvalue weighted by atomic mass is 19.1. The first kappa shape index (κ1) is 18.6. The molecule has 0 amide bonds. The molecular weight excluding hydrogens is 369 g/mol. The maximum absolute atomic E-state index is 13.3. The van der Waals surface area contributed by atoms with E-state index in [0.717, 1.165) is 11.3 Å². The van der Waals surface area contributed by atoms with Gasteiger partial charge >= 0.3 is 5.97 Å². The van der Waals surface area contributed by atoms with E-state index in [2.05, 4.69) is 4.98 Å². The van der Waals surface area contributed by atoms with Crippen LogP contribution in [0.1, 0.15) is 10.4 Å². The fourth-order valence-corrected chi connectivity index (χ4v) is 3.00. The number of carbonyl (C=O) groups is 1. The van der Waals surface area contributed by atoms with Crippen LogP contribution in [0.25, 0.3) is 22.2 Å². The minimum absolute atomic E-state index is 0.121. The Morgan fingerprint density at radius 1 is 0.862 bits per heavy atom. The molecular formula is C24H18FNO3. The van der Waals surface area contributed by atoms with E-state index in [1.54, 1.807) is 18.2 Å². The Hall–Kier alpha value is -3.73. The lowest BCUT2D eigenvalue weighted by molar-refractivity contribution is 0.0452. The number of esters is 1. The van der Waals surface area contributed by atoms with Gasteiger partial charge in [0.05, 0.1) is 16.8 Å². The van der Waals surface area contributed by atoms with E-state index < -0.39 is 5.97 Å². The van der Waals surface area contributed by atoms with E-state index in [-0.39, 0.29) is 19.0 Å². The van der Waals surface area contributed by atoms with Gasteiger partial charge in [0.25, 0.3) is 0 Å². The summed E-state index contributed by atoms with van der Waals surface area (Å²) in [7, 11) is 0. The average Bonchev–Trinajstić information content (AvgIpc) is 2.77. The number of hydrogen-bond acceptors (Lipinski definition) is 4. The van der Waals surface area contributed by atoms with Crippen LogP contribution < -0.4 is 4.74 Å². The van der Waals surface area contributed by atoms with E-state index in [1.807, 2.05) is 54.6 Å². The first-order chi connectivity index (χ1) is 14.2. The molecule has 29 heavy (non-hydrogen) atoms. The van der Waals surface area contributed by atoms with Crippen molar-refractivity contribution >= 4 is 16.9 Å². The van der Waals surface area contributed by atoms with Crippen LogP contribution in [0.4, 0.5) is 4.39 Å². The van der Waals surface area contributed by atoms with E-state index >= 15 is 0 Å². The van der Waals surface area contributed by atoms with Crippen LogP contribution in [0.3, 0.4) is 0 Å². The molecule has 4 rings (SSSR count). The summed E-state index contributed by atoms with van der Waals surface area (Å²) in [6.07, 6.45) is 0. The molecule has 0 N–H and O–H groups in total. The zero-order valence-corrected chi connectivity index (χ0v) is 15.5. The zero-order valence-electron chi connectivity index (χ0n) is 15.5. The normalized spacial score (nSPS) is 10.7. The molecule has 0 radical (unpaired) electrons. The number of nitrogens with zero attached hydrogens (tertiary/aromatic N) is 1. The molecule has 5 heteroatoms. The number of pyridine rings is 1. The van der Waals surface area contributed by atoms with Crippen molar-refractivity contribution in [3.63, 3.8) is 0 Å². The topological polar surface area (TPSA) is 48.4 Å². The lowest BCUT2D eigenvalue weighted by Gasteiger charge is -2.11. The van der Waals surface area contributed by atoms with Gasteiger partial charge in [-0.2, -0.15) is 0 Å². The highest BCUT2D eigenvalue weighted by molar-refractivity contribution is 6.04. The number of ether oxygens (including phenoxy) is 2. The fourth-order valence-electron chi connectivity index (χ4n) is 3.00. The first-order valence-electron chi connectivity index (χ1n) is 9.21. The van der Waals surface area contributed by atoms with Crippen molar-refractivity contribution in [2.75, 3.05) is 13.2 Å². The molecule has 144 valence electrons. The van der Waals surface area contributed by atoms with Crippen LogP contribution in [0, 0.1) is 5.82 Å². The van der Waals surface area contributed by atoms with Crippen LogP contribution >= 0.6 is 0 Å². The number of carbonyl (C=O) groups excluding carboxylic acids is 1. The van der Waals surface area contributed by atoms with Crippen molar-refractivity contribution in [3.05, 3.63) is 96.3 Å². The summed E-state index contributed by atoms with van der Waals surface area (Å²) in [4.78, 5) is 17.3. The average molecular weight is 387 g/mol. The Labute approximate surface area is 167 Å². The van der Waals surface area contributed by atoms with Crippen LogP contribution in [-0.4, -0.2) is 24.2 Å². The smallest absolute Gasteiger partial charge is 0.339 e. The van der Waals surface area contributed by atoms with Crippen molar-refractivity contribution in [1.29, 1.82) is 0 Å². The molecule has 1 heterocycles. The molecule has 1 aromatic heterocycles.